The van der Waals surface area contributed by atoms with Crippen LogP contribution in [0.5, 0.6) is 11.5 Å². The van der Waals surface area contributed by atoms with Crippen LogP contribution in [-0.2, 0) is 4.79 Å². The van der Waals surface area contributed by atoms with Crippen LogP contribution in [0.25, 0.3) is 0 Å². The first kappa shape index (κ1) is 14.0. The molecule has 0 aliphatic carbocycles. The Morgan fingerprint density at radius 1 is 1.26 bits per heavy atom. The van der Waals surface area contributed by atoms with Gasteiger partial charge < -0.3 is 14.8 Å². The third kappa shape index (κ3) is 3.79. The van der Waals surface area contributed by atoms with E-state index in [0.29, 0.717) is 12.1 Å². The average Bonchev–Trinajstić information content (AvgIpc) is 2.62. The van der Waals surface area contributed by atoms with Crippen molar-refractivity contribution in [1.82, 2.24) is 0 Å². The summed E-state index contributed by atoms with van der Waals surface area (Å²) in [6.45, 7) is 0. The molecule has 0 bridgehead atoms. The number of benzene rings is 1. The molecule has 0 aromatic heterocycles. The van der Waals surface area contributed by atoms with Crippen molar-refractivity contribution in [1.29, 1.82) is 0 Å². The number of hydrogen-bond donors (Lipinski definition) is 1. The molecule has 1 aromatic rings. The van der Waals surface area contributed by atoms with Gasteiger partial charge in [-0.05, 0) is 25.0 Å². The third-order valence-corrected chi connectivity index (χ3v) is 3.03. The van der Waals surface area contributed by atoms with E-state index >= 15 is 0 Å². The SMILES string of the molecule is O=C(CCCCBr)Nc1ccc2c(c1)OC(F)(F)O2. The lowest BCUT2D eigenvalue weighted by molar-refractivity contribution is -0.286. The largest absolute Gasteiger partial charge is 0.586 e. The van der Waals surface area contributed by atoms with Crippen molar-refractivity contribution in [2.75, 3.05) is 10.6 Å². The lowest BCUT2D eigenvalue weighted by Gasteiger charge is -2.05. The van der Waals surface area contributed by atoms with Crippen LogP contribution in [-0.4, -0.2) is 17.5 Å². The quantitative estimate of drug-likeness (QED) is 0.661. The predicted octanol–water partition coefficient (Wildman–Crippen LogP) is 3.51. The standard InChI is InChI=1S/C12H12BrF2NO3/c13-6-2-1-3-11(17)16-8-4-5-9-10(7-8)19-12(14,15)18-9/h4-5,7H,1-3,6H2,(H,16,17). The smallest absolute Gasteiger partial charge is 0.395 e. The molecule has 4 nitrogen and oxygen atoms in total. The number of carbonyl (C=O) groups is 1. The minimum atomic E-state index is -3.64. The van der Waals surface area contributed by atoms with E-state index in [0.717, 1.165) is 18.2 Å². The minimum Gasteiger partial charge on any atom is -0.395 e. The summed E-state index contributed by atoms with van der Waals surface area (Å²) in [5, 5.41) is 3.47. The summed E-state index contributed by atoms with van der Waals surface area (Å²) in [5.74, 6) is -0.280. The summed E-state index contributed by atoms with van der Waals surface area (Å²) < 4.78 is 34.2. The lowest BCUT2D eigenvalue weighted by Crippen LogP contribution is -2.25. The van der Waals surface area contributed by atoms with E-state index in [1.807, 2.05) is 0 Å². The summed E-state index contributed by atoms with van der Waals surface area (Å²) in [6, 6.07) is 4.15. The van der Waals surface area contributed by atoms with E-state index in [9.17, 15) is 13.6 Å². The van der Waals surface area contributed by atoms with Crippen LogP contribution < -0.4 is 14.8 Å². The monoisotopic (exact) mass is 335 g/mol. The molecule has 1 amide bonds. The van der Waals surface area contributed by atoms with Gasteiger partial charge in [-0.3, -0.25) is 4.79 Å². The fourth-order valence-corrected chi connectivity index (χ4v) is 2.03. The fourth-order valence-electron chi connectivity index (χ4n) is 1.63. The molecule has 0 saturated heterocycles. The maximum absolute atomic E-state index is 12.8. The molecule has 0 unspecified atom stereocenters. The van der Waals surface area contributed by atoms with E-state index in [-0.39, 0.29) is 17.4 Å². The van der Waals surface area contributed by atoms with Gasteiger partial charge in [0.2, 0.25) is 5.91 Å². The van der Waals surface area contributed by atoms with Crippen LogP contribution in [0.3, 0.4) is 0 Å². The second-order valence-corrected chi connectivity index (χ2v) is 4.82. The lowest BCUT2D eigenvalue weighted by atomic mass is 10.2. The van der Waals surface area contributed by atoms with E-state index in [2.05, 4.69) is 30.7 Å². The van der Waals surface area contributed by atoms with E-state index < -0.39 is 6.29 Å². The van der Waals surface area contributed by atoms with Gasteiger partial charge in [0.05, 0.1) is 0 Å². The molecule has 2 rings (SSSR count). The molecule has 0 fully saturated rings. The van der Waals surface area contributed by atoms with Crippen molar-refractivity contribution in [3.05, 3.63) is 18.2 Å². The highest BCUT2D eigenvalue weighted by Crippen LogP contribution is 2.42. The number of anilines is 1. The number of rotatable bonds is 5. The highest BCUT2D eigenvalue weighted by atomic mass is 79.9. The van der Waals surface area contributed by atoms with Crippen molar-refractivity contribution >= 4 is 27.5 Å². The summed E-state index contributed by atoms with van der Waals surface area (Å²) >= 11 is 3.28. The molecule has 104 valence electrons. The summed E-state index contributed by atoms with van der Waals surface area (Å²) in [6.07, 6.45) is -1.59. The van der Waals surface area contributed by atoms with E-state index in [4.69, 9.17) is 0 Å². The highest BCUT2D eigenvalue weighted by Gasteiger charge is 2.43. The Kier molecular flexibility index (Phi) is 4.24. The normalized spacial score (nSPS) is 15.3. The van der Waals surface area contributed by atoms with Gasteiger partial charge >= 0.3 is 6.29 Å². The first-order chi connectivity index (χ1) is 9.00. The van der Waals surface area contributed by atoms with Crippen LogP contribution in [0.4, 0.5) is 14.5 Å². The maximum atomic E-state index is 12.8. The second kappa shape index (κ2) is 5.73. The molecule has 0 spiro atoms. The van der Waals surface area contributed by atoms with Crippen molar-refractivity contribution in [2.45, 2.75) is 25.6 Å². The second-order valence-electron chi connectivity index (χ2n) is 4.02. The van der Waals surface area contributed by atoms with Gasteiger partial charge in [-0.25, -0.2) is 0 Å². The van der Waals surface area contributed by atoms with Crippen molar-refractivity contribution in [3.8, 4) is 11.5 Å². The van der Waals surface area contributed by atoms with Gasteiger partial charge in [0.1, 0.15) is 0 Å². The van der Waals surface area contributed by atoms with Gasteiger partial charge in [-0.15, -0.1) is 8.78 Å². The molecule has 1 aliphatic rings. The first-order valence-electron chi connectivity index (χ1n) is 5.76. The molecule has 1 aromatic carbocycles. The zero-order chi connectivity index (χ0) is 13.9. The van der Waals surface area contributed by atoms with Gasteiger partial charge in [0, 0.05) is 23.5 Å². The maximum Gasteiger partial charge on any atom is 0.586 e. The van der Waals surface area contributed by atoms with Crippen LogP contribution >= 0.6 is 15.9 Å². The minimum absolute atomic E-state index is 0.0395. The number of halogens is 3. The Morgan fingerprint density at radius 3 is 2.74 bits per heavy atom. The molecule has 0 radical (unpaired) electrons. The third-order valence-electron chi connectivity index (χ3n) is 2.47. The first-order valence-corrected chi connectivity index (χ1v) is 6.88. The number of amides is 1. The molecule has 1 heterocycles. The Labute approximate surface area is 117 Å². The average molecular weight is 336 g/mol. The Morgan fingerprint density at radius 2 is 2.00 bits per heavy atom. The summed E-state index contributed by atoms with van der Waals surface area (Å²) in [4.78, 5) is 11.6. The zero-order valence-corrected chi connectivity index (χ0v) is 11.5. The molecular weight excluding hydrogens is 324 g/mol. The Bertz CT molecular complexity index is 482. The van der Waals surface area contributed by atoms with E-state index in [1.54, 1.807) is 0 Å². The Hall–Kier alpha value is -1.37. The number of nitrogens with one attached hydrogen (secondary N) is 1. The van der Waals surface area contributed by atoms with Crippen molar-refractivity contribution in [2.24, 2.45) is 0 Å². The van der Waals surface area contributed by atoms with Crippen LogP contribution in [0, 0.1) is 0 Å². The van der Waals surface area contributed by atoms with Gasteiger partial charge in [0.25, 0.3) is 0 Å². The molecule has 0 atom stereocenters. The number of carbonyl (C=O) groups excluding carboxylic acids is 1. The number of fused-ring (bicyclic) bond motifs is 1. The predicted molar refractivity (Wildman–Crippen MR) is 68.9 cm³/mol. The van der Waals surface area contributed by atoms with Gasteiger partial charge in [-0.2, -0.15) is 0 Å². The van der Waals surface area contributed by atoms with Gasteiger partial charge in [-0.1, -0.05) is 15.9 Å². The molecule has 1 N–H and O–H groups in total. The Balaban J connectivity index is 1.95. The summed E-state index contributed by atoms with van der Waals surface area (Å²) in [5.41, 5.74) is 0.406. The number of unbranched alkanes of at least 4 members (excludes halogenated alkanes) is 1. The molecule has 1 aliphatic heterocycles. The summed E-state index contributed by atoms with van der Waals surface area (Å²) in [7, 11) is 0. The molecule has 19 heavy (non-hydrogen) atoms. The van der Waals surface area contributed by atoms with Crippen molar-refractivity contribution < 1.29 is 23.0 Å². The van der Waals surface area contributed by atoms with Crippen LogP contribution in [0.2, 0.25) is 0 Å². The fraction of sp³-hybridized carbons (Fsp3) is 0.417. The highest BCUT2D eigenvalue weighted by molar-refractivity contribution is 9.09. The molecular formula is C12H12BrF2NO3. The van der Waals surface area contributed by atoms with E-state index in [1.165, 1.54) is 18.2 Å². The van der Waals surface area contributed by atoms with Crippen LogP contribution in [0.1, 0.15) is 19.3 Å². The van der Waals surface area contributed by atoms with Crippen LogP contribution in [0.15, 0.2) is 18.2 Å². The molecule has 0 saturated carbocycles. The van der Waals surface area contributed by atoms with Gasteiger partial charge in [0.15, 0.2) is 11.5 Å². The zero-order valence-electron chi connectivity index (χ0n) is 9.92. The number of ether oxygens (including phenoxy) is 2. The topological polar surface area (TPSA) is 47.6 Å². The van der Waals surface area contributed by atoms with Crippen molar-refractivity contribution in [3.63, 3.8) is 0 Å². The number of alkyl halides is 3. The number of hydrogen-bond acceptors (Lipinski definition) is 3. The molecule has 7 heteroatoms.